The van der Waals surface area contributed by atoms with Crippen LogP contribution >= 0.6 is 0 Å². The van der Waals surface area contributed by atoms with Crippen LogP contribution in [0.25, 0.3) is 40.5 Å². The van der Waals surface area contributed by atoms with Crippen molar-refractivity contribution < 1.29 is 31.1 Å². The molecule has 1 saturated heterocycles. The van der Waals surface area contributed by atoms with Crippen molar-refractivity contribution in [1.82, 2.24) is 9.97 Å². The molecule has 6 atom stereocenters. The van der Waals surface area contributed by atoms with Gasteiger partial charge in [-0.15, -0.1) is 51.7 Å². The van der Waals surface area contributed by atoms with E-state index < -0.39 is 0 Å². The number of hydrogen-bond acceptors (Lipinski definition) is 3. The SMILES string of the molecule is C=Cc1c(C)/c2[n-]/c1=C\C1[N-]C(/C=c3\[n-]c4c(c3C)C(=O)CC=4C3[N-]C(\C=2)C(C)C3CCC(=O)OC)C(CC)=C1C.[Co]. The molecule has 6 unspecified atom stereocenters. The van der Waals surface area contributed by atoms with Gasteiger partial charge in [-0.25, -0.2) is 0 Å². The van der Waals surface area contributed by atoms with E-state index in [1.807, 2.05) is 13.0 Å². The van der Waals surface area contributed by atoms with Crippen molar-refractivity contribution in [2.24, 2.45) is 11.8 Å². The second-order valence-corrected chi connectivity index (χ2v) is 11.9. The second-order valence-electron chi connectivity index (χ2n) is 11.9. The van der Waals surface area contributed by atoms with Crippen molar-refractivity contribution in [1.29, 1.82) is 0 Å². The quantitative estimate of drug-likeness (QED) is 0.384. The molecule has 8 bridgehead atoms. The summed E-state index contributed by atoms with van der Waals surface area (Å²) in [6.07, 6.45) is 10.5. The van der Waals surface area contributed by atoms with Gasteiger partial charge in [0.05, 0.1) is 7.11 Å². The summed E-state index contributed by atoms with van der Waals surface area (Å²) in [6, 6.07) is -0.514. The third kappa shape index (κ3) is 4.82. The number of ketones is 1. The molecule has 0 saturated carbocycles. The van der Waals surface area contributed by atoms with Crippen LogP contribution in [0.3, 0.4) is 0 Å². The first-order valence-corrected chi connectivity index (χ1v) is 14.7. The maximum atomic E-state index is 13.4. The Morgan fingerprint density at radius 3 is 2.45 bits per heavy atom. The first kappa shape index (κ1) is 30.5. The molecule has 2 aromatic heterocycles. The molecule has 5 heterocycles. The van der Waals surface area contributed by atoms with Gasteiger partial charge in [-0.2, -0.15) is 0 Å². The minimum Gasteiger partial charge on any atom is -0.658 e. The molecular formula is C34H38CoN4O3-4. The number of fused-ring (bicyclic) bond motifs is 8. The molecule has 6 rings (SSSR count). The molecular weight excluding hydrogens is 571 g/mol. The number of Topliss-reactive ketones (excluding diaryl/α,β-unsaturated/α-hetero) is 1. The Hall–Kier alpha value is -2.91. The largest absolute Gasteiger partial charge is 0.658 e. The Kier molecular flexibility index (Phi) is 8.46. The minimum atomic E-state index is -0.229. The van der Waals surface area contributed by atoms with Crippen molar-refractivity contribution in [3.63, 3.8) is 0 Å². The van der Waals surface area contributed by atoms with Gasteiger partial charge < -0.3 is 25.3 Å². The number of methoxy groups -OCH3 is 1. The Morgan fingerprint density at radius 1 is 1.05 bits per heavy atom. The van der Waals surface area contributed by atoms with Gasteiger partial charge in [0.2, 0.25) is 0 Å². The van der Waals surface area contributed by atoms with Crippen molar-refractivity contribution in [2.45, 2.75) is 84.5 Å². The fourth-order valence-electron chi connectivity index (χ4n) is 7.42. The molecule has 1 fully saturated rings. The zero-order valence-electron chi connectivity index (χ0n) is 25.2. The molecule has 1 aliphatic carbocycles. The van der Waals surface area contributed by atoms with Crippen LogP contribution in [0.1, 0.15) is 73.5 Å². The standard InChI is InChI=1S/C34H38N4O3.Co/c1-8-20-16(3)24-13-26-18(5)22(10-11-31(40)41-7)33(37-26)23-12-30(39)32-19(6)27(38-34(23)32)15-29-21(9-2)17(4)25(36-29)14-28(20)35-24;/h8,13-15,18,22,25-26,29,33H,1,9-12H2,2-7H3;/q-4;/b24-13-,27-15-,28-14-;. The van der Waals surface area contributed by atoms with Gasteiger partial charge in [0, 0.05) is 35.2 Å². The van der Waals surface area contributed by atoms with Crippen molar-refractivity contribution in [2.75, 3.05) is 7.11 Å². The van der Waals surface area contributed by atoms with E-state index in [0.29, 0.717) is 19.3 Å². The predicted octanol–water partition coefficient (Wildman–Crippen LogP) is 2.83. The Balaban J connectivity index is 0.00000353. The number of rotatable bonds is 5. The molecule has 4 aliphatic rings. The summed E-state index contributed by atoms with van der Waals surface area (Å²) < 4.78 is 4.97. The van der Waals surface area contributed by atoms with Gasteiger partial charge in [-0.1, -0.05) is 78.3 Å². The second kappa shape index (κ2) is 11.6. The number of ether oxygens (including phenoxy) is 1. The van der Waals surface area contributed by atoms with Gasteiger partial charge in [0.1, 0.15) is 0 Å². The van der Waals surface area contributed by atoms with E-state index >= 15 is 0 Å². The Labute approximate surface area is 257 Å². The van der Waals surface area contributed by atoms with E-state index in [4.69, 9.17) is 25.3 Å². The third-order valence-electron chi connectivity index (χ3n) is 9.86. The summed E-state index contributed by atoms with van der Waals surface area (Å²) in [5.74, 6) is 0.0988. The molecule has 0 amide bonds. The van der Waals surface area contributed by atoms with E-state index in [-0.39, 0.29) is 64.5 Å². The van der Waals surface area contributed by atoms with Gasteiger partial charge in [0.25, 0.3) is 0 Å². The van der Waals surface area contributed by atoms with Gasteiger partial charge in [0.15, 0.2) is 5.78 Å². The number of hydrogen-bond donors (Lipinski definition) is 0. The average Bonchev–Trinajstić information content (AvgIpc) is 3.70. The molecule has 0 N–H and O–H groups in total. The first-order valence-electron chi connectivity index (χ1n) is 14.7. The summed E-state index contributed by atoms with van der Waals surface area (Å²) in [5.41, 5.74) is 7.27. The van der Waals surface area contributed by atoms with Crippen molar-refractivity contribution in [3.05, 3.63) is 72.0 Å². The van der Waals surface area contributed by atoms with E-state index in [2.05, 4.69) is 52.5 Å². The molecule has 7 nitrogen and oxygen atoms in total. The van der Waals surface area contributed by atoms with Crippen LogP contribution < -0.4 is 31.4 Å². The zero-order chi connectivity index (χ0) is 29.2. The summed E-state index contributed by atoms with van der Waals surface area (Å²) >= 11 is 0. The maximum absolute atomic E-state index is 13.4. The van der Waals surface area contributed by atoms with E-state index in [1.54, 1.807) is 0 Å². The van der Waals surface area contributed by atoms with Crippen LogP contribution in [0.15, 0.2) is 17.7 Å². The molecule has 0 aromatic carbocycles. The van der Waals surface area contributed by atoms with Gasteiger partial charge >= 0.3 is 5.97 Å². The van der Waals surface area contributed by atoms with Crippen LogP contribution in [-0.2, 0) is 26.3 Å². The molecule has 225 valence electrons. The van der Waals surface area contributed by atoms with Gasteiger partial charge in [-0.3, -0.25) is 9.59 Å². The molecule has 1 radical (unpaired) electrons. The minimum absolute atomic E-state index is 0. The van der Waals surface area contributed by atoms with Crippen molar-refractivity contribution >= 4 is 41.6 Å². The fraction of sp³-hybridized carbons (Fsp3) is 0.471. The molecule has 8 heteroatoms. The smallest absolute Gasteiger partial charge is 0.305 e. The average molecular weight is 610 g/mol. The molecule has 42 heavy (non-hydrogen) atoms. The number of nitrogens with zero attached hydrogens (tertiary/aromatic N) is 4. The van der Waals surface area contributed by atoms with Gasteiger partial charge in [-0.05, 0) is 39.2 Å². The van der Waals surface area contributed by atoms with E-state index in [0.717, 1.165) is 55.6 Å². The summed E-state index contributed by atoms with van der Waals surface area (Å²) in [7, 11) is 1.42. The fourth-order valence-corrected chi connectivity index (χ4v) is 7.42. The summed E-state index contributed by atoms with van der Waals surface area (Å²) in [6.45, 7) is 14.7. The molecule has 3 aliphatic heterocycles. The molecule has 2 aromatic rings. The zero-order valence-corrected chi connectivity index (χ0v) is 26.2. The normalized spacial score (nSPS) is 30.2. The number of carbonyl (C=O) groups is 2. The van der Waals surface area contributed by atoms with Crippen LogP contribution in [0.4, 0.5) is 0 Å². The number of aromatic nitrogens is 2. The number of carbonyl (C=O) groups excluding carboxylic acids is 2. The van der Waals surface area contributed by atoms with Crippen LogP contribution in [-0.4, -0.2) is 43.0 Å². The summed E-state index contributed by atoms with van der Waals surface area (Å²) in [5, 5.41) is 13.9. The maximum Gasteiger partial charge on any atom is 0.305 e. The van der Waals surface area contributed by atoms with Crippen LogP contribution in [0, 0.1) is 25.7 Å². The number of esters is 1. The first-order chi connectivity index (χ1) is 19.7. The Bertz CT molecular complexity index is 1740. The Morgan fingerprint density at radius 2 is 1.76 bits per heavy atom. The van der Waals surface area contributed by atoms with E-state index in [1.165, 1.54) is 18.3 Å². The predicted molar refractivity (Wildman–Crippen MR) is 162 cm³/mol. The van der Waals surface area contributed by atoms with Crippen LogP contribution in [0.5, 0.6) is 0 Å². The molecule has 0 spiro atoms. The van der Waals surface area contributed by atoms with E-state index in [9.17, 15) is 9.59 Å². The topological polar surface area (TPSA) is 99.8 Å². The van der Waals surface area contributed by atoms with Crippen LogP contribution in [0.2, 0.25) is 0 Å². The summed E-state index contributed by atoms with van der Waals surface area (Å²) in [4.78, 5) is 35.8. The third-order valence-corrected chi connectivity index (χ3v) is 9.86. The van der Waals surface area contributed by atoms with Crippen molar-refractivity contribution in [3.8, 4) is 0 Å². The monoisotopic (exact) mass is 609 g/mol.